The minimum Gasteiger partial charge on any atom is -0.486 e. The molecule has 3 heteroatoms. The van der Waals surface area contributed by atoms with Gasteiger partial charge in [-0.3, -0.25) is 4.90 Å². The van der Waals surface area contributed by atoms with Crippen LogP contribution < -0.4 is 9.47 Å². The van der Waals surface area contributed by atoms with Gasteiger partial charge in [-0.05, 0) is 32.0 Å². The van der Waals surface area contributed by atoms with Gasteiger partial charge in [0.05, 0.1) is 0 Å². The van der Waals surface area contributed by atoms with Gasteiger partial charge in [-0.1, -0.05) is 6.07 Å². The van der Waals surface area contributed by atoms with Crippen LogP contribution in [0.1, 0.15) is 24.1 Å². The molecule has 0 N–H and O–H groups in total. The molecule has 1 aromatic carbocycles. The van der Waals surface area contributed by atoms with E-state index >= 15 is 0 Å². The van der Waals surface area contributed by atoms with E-state index in [4.69, 9.17) is 9.47 Å². The van der Waals surface area contributed by atoms with E-state index in [0.29, 0.717) is 19.3 Å². The zero-order chi connectivity index (χ0) is 11.1. The highest BCUT2D eigenvalue weighted by Crippen LogP contribution is 2.41. The van der Waals surface area contributed by atoms with Crippen LogP contribution in [0, 0.1) is 0 Å². The number of hydrogen-bond acceptors (Lipinski definition) is 3. The van der Waals surface area contributed by atoms with E-state index in [1.165, 1.54) is 11.1 Å². The molecule has 0 bridgehead atoms. The van der Waals surface area contributed by atoms with E-state index in [1.807, 2.05) is 6.07 Å². The Hall–Kier alpha value is -1.22. The molecule has 3 nitrogen and oxygen atoms in total. The Labute approximate surface area is 96.0 Å². The Morgan fingerprint density at radius 1 is 1.25 bits per heavy atom. The van der Waals surface area contributed by atoms with E-state index in [2.05, 4.69) is 24.9 Å². The van der Waals surface area contributed by atoms with Crippen LogP contribution in [-0.4, -0.2) is 31.7 Å². The minimum absolute atomic E-state index is 0.472. The maximum atomic E-state index is 5.76. The second kappa shape index (κ2) is 3.67. The molecule has 16 heavy (non-hydrogen) atoms. The van der Waals surface area contributed by atoms with Gasteiger partial charge in [-0.25, -0.2) is 0 Å². The lowest BCUT2D eigenvalue weighted by molar-refractivity contribution is 0.165. The summed E-state index contributed by atoms with van der Waals surface area (Å²) in [7, 11) is 2.17. The third-order valence-corrected chi connectivity index (χ3v) is 3.67. The van der Waals surface area contributed by atoms with E-state index in [-0.39, 0.29) is 0 Å². The van der Waals surface area contributed by atoms with Gasteiger partial charge in [0.25, 0.3) is 0 Å². The van der Waals surface area contributed by atoms with Crippen molar-refractivity contribution in [3.8, 4) is 11.5 Å². The van der Waals surface area contributed by atoms with Crippen LogP contribution >= 0.6 is 0 Å². The van der Waals surface area contributed by atoms with Crippen molar-refractivity contribution < 1.29 is 9.47 Å². The van der Waals surface area contributed by atoms with Crippen LogP contribution in [0.3, 0.4) is 0 Å². The summed E-state index contributed by atoms with van der Waals surface area (Å²) in [6.45, 7) is 4.68. The van der Waals surface area contributed by atoms with Crippen molar-refractivity contribution in [3.05, 3.63) is 23.3 Å². The normalized spacial score (nSPS) is 24.0. The molecule has 0 aliphatic carbocycles. The van der Waals surface area contributed by atoms with Crippen molar-refractivity contribution in [3.63, 3.8) is 0 Å². The first kappa shape index (κ1) is 9.97. The molecule has 0 radical (unpaired) electrons. The van der Waals surface area contributed by atoms with Crippen LogP contribution in [0.2, 0.25) is 0 Å². The van der Waals surface area contributed by atoms with Crippen LogP contribution in [0.25, 0.3) is 0 Å². The molecule has 2 aliphatic heterocycles. The molecular formula is C13H17NO2. The van der Waals surface area contributed by atoms with Crippen LogP contribution in [0.5, 0.6) is 11.5 Å². The summed E-state index contributed by atoms with van der Waals surface area (Å²) in [6.07, 6.45) is 1.06. The predicted octanol–water partition coefficient (Wildman–Crippen LogP) is 2.01. The van der Waals surface area contributed by atoms with E-state index in [1.54, 1.807) is 0 Å². The Kier molecular flexibility index (Phi) is 2.28. The summed E-state index contributed by atoms with van der Waals surface area (Å²) in [5.41, 5.74) is 2.74. The highest BCUT2D eigenvalue weighted by atomic mass is 16.6. The maximum Gasteiger partial charge on any atom is 0.164 e. The van der Waals surface area contributed by atoms with Crippen LogP contribution in [-0.2, 0) is 6.42 Å². The Morgan fingerprint density at radius 3 is 2.94 bits per heavy atom. The molecule has 0 aromatic heterocycles. The molecule has 0 saturated heterocycles. The third-order valence-electron chi connectivity index (χ3n) is 3.67. The van der Waals surface area contributed by atoms with Crippen molar-refractivity contribution in [2.45, 2.75) is 19.4 Å². The SMILES string of the molecule is CC1c2ccc3c(c2CCN1C)OCCO3. The zero-order valence-corrected chi connectivity index (χ0v) is 9.82. The summed E-state index contributed by atoms with van der Waals surface area (Å²) in [6, 6.07) is 4.70. The topological polar surface area (TPSA) is 21.7 Å². The van der Waals surface area contributed by atoms with Gasteiger partial charge in [0.15, 0.2) is 11.5 Å². The van der Waals surface area contributed by atoms with Gasteiger partial charge in [-0.2, -0.15) is 0 Å². The highest BCUT2D eigenvalue weighted by Gasteiger charge is 2.26. The monoisotopic (exact) mass is 219 g/mol. The summed E-state index contributed by atoms with van der Waals surface area (Å²) in [4.78, 5) is 2.37. The quantitative estimate of drug-likeness (QED) is 0.666. The molecule has 86 valence electrons. The summed E-state index contributed by atoms with van der Waals surface area (Å²) >= 11 is 0. The largest absolute Gasteiger partial charge is 0.486 e. The standard InChI is InChI=1S/C13H17NO2/c1-9-10-3-4-12-13(16-8-7-15-12)11(10)5-6-14(9)2/h3-4,9H,5-8H2,1-2H3. The molecule has 0 fully saturated rings. The molecular weight excluding hydrogens is 202 g/mol. The van der Waals surface area contributed by atoms with Crippen molar-refractivity contribution in [1.29, 1.82) is 0 Å². The number of likely N-dealkylation sites (N-methyl/N-ethyl adjacent to an activating group) is 1. The Bertz CT molecular complexity index is 417. The fourth-order valence-electron chi connectivity index (χ4n) is 2.56. The lowest BCUT2D eigenvalue weighted by Crippen LogP contribution is -2.31. The number of fused-ring (bicyclic) bond motifs is 3. The first-order valence-corrected chi connectivity index (χ1v) is 5.89. The number of hydrogen-bond donors (Lipinski definition) is 0. The number of rotatable bonds is 0. The number of ether oxygens (including phenoxy) is 2. The first-order chi connectivity index (χ1) is 7.77. The van der Waals surface area contributed by atoms with Gasteiger partial charge < -0.3 is 9.47 Å². The van der Waals surface area contributed by atoms with Gasteiger partial charge >= 0.3 is 0 Å². The maximum absolute atomic E-state index is 5.76. The fourth-order valence-corrected chi connectivity index (χ4v) is 2.56. The molecule has 3 rings (SSSR count). The predicted molar refractivity (Wildman–Crippen MR) is 62.2 cm³/mol. The number of nitrogens with zero attached hydrogens (tertiary/aromatic N) is 1. The average molecular weight is 219 g/mol. The lowest BCUT2D eigenvalue weighted by Gasteiger charge is -2.34. The second-order valence-corrected chi connectivity index (χ2v) is 4.56. The van der Waals surface area contributed by atoms with Gasteiger partial charge in [0.1, 0.15) is 13.2 Å². The first-order valence-electron chi connectivity index (χ1n) is 5.89. The molecule has 1 atom stereocenters. The molecule has 1 aromatic rings. The molecule has 1 unspecified atom stereocenters. The Morgan fingerprint density at radius 2 is 2.06 bits per heavy atom. The van der Waals surface area contributed by atoms with E-state index in [0.717, 1.165) is 24.5 Å². The summed E-state index contributed by atoms with van der Waals surface area (Å²) < 4.78 is 11.4. The lowest BCUT2D eigenvalue weighted by atomic mass is 9.92. The van der Waals surface area contributed by atoms with Gasteiger partial charge in [-0.15, -0.1) is 0 Å². The minimum atomic E-state index is 0.472. The van der Waals surface area contributed by atoms with E-state index < -0.39 is 0 Å². The zero-order valence-electron chi connectivity index (χ0n) is 9.82. The smallest absolute Gasteiger partial charge is 0.164 e. The van der Waals surface area contributed by atoms with Gasteiger partial charge in [0.2, 0.25) is 0 Å². The summed E-state index contributed by atoms with van der Waals surface area (Å²) in [5.74, 6) is 1.91. The molecule has 2 aliphatic rings. The van der Waals surface area contributed by atoms with Crippen molar-refractivity contribution in [1.82, 2.24) is 4.90 Å². The third kappa shape index (κ3) is 1.39. The van der Waals surface area contributed by atoms with Gasteiger partial charge in [0, 0.05) is 18.2 Å². The Balaban J connectivity index is 2.10. The van der Waals surface area contributed by atoms with Crippen LogP contribution in [0.4, 0.5) is 0 Å². The molecule has 0 spiro atoms. The van der Waals surface area contributed by atoms with Crippen molar-refractivity contribution >= 4 is 0 Å². The molecule has 2 heterocycles. The molecule has 0 amide bonds. The second-order valence-electron chi connectivity index (χ2n) is 4.56. The van der Waals surface area contributed by atoms with E-state index in [9.17, 15) is 0 Å². The van der Waals surface area contributed by atoms with Crippen molar-refractivity contribution in [2.75, 3.05) is 26.8 Å². The molecule has 0 saturated carbocycles. The van der Waals surface area contributed by atoms with Crippen molar-refractivity contribution in [2.24, 2.45) is 0 Å². The highest BCUT2D eigenvalue weighted by molar-refractivity contribution is 5.53. The van der Waals surface area contributed by atoms with Crippen LogP contribution in [0.15, 0.2) is 12.1 Å². The number of benzene rings is 1. The fraction of sp³-hybridized carbons (Fsp3) is 0.538. The summed E-state index contributed by atoms with van der Waals surface area (Å²) in [5, 5.41) is 0. The average Bonchev–Trinajstić information content (AvgIpc) is 2.33.